The molecule has 3 atom stereocenters. The fourth-order valence-electron chi connectivity index (χ4n) is 5.43. The largest absolute Gasteiger partial charge is 0.497 e. The Morgan fingerprint density at radius 3 is 2.57 bits per heavy atom. The van der Waals surface area contributed by atoms with Crippen molar-refractivity contribution >= 4 is 39.2 Å². The van der Waals surface area contributed by atoms with E-state index in [2.05, 4.69) is 45.3 Å². The number of urea groups is 1. The van der Waals surface area contributed by atoms with Gasteiger partial charge in [-0.3, -0.25) is 4.79 Å². The summed E-state index contributed by atoms with van der Waals surface area (Å²) < 4.78 is 11.4. The number of nitrogens with one attached hydrogen (secondary N) is 2. The van der Waals surface area contributed by atoms with Crippen molar-refractivity contribution in [1.82, 2.24) is 10.2 Å². The highest BCUT2D eigenvalue weighted by atomic mass is 79.9. The summed E-state index contributed by atoms with van der Waals surface area (Å²) >= 11 is 3.43. The Bertz CT molecular complexity index is 1150. The van der Waals surface area contributed by atoms with Gasteiger partial charge in [-0.05, 0) is 61.6 Å². The molecule has 3 N–H and O–H groups in total. The lowest BCUT2D eigenvalue weighted by Gasteiger charge is -2.43. The number of hydrogen-bond acceptors (Lipinski definition) is 6. The minimum absolute atomic E-state index is 0.223. The first kappa shape index (κ1) is 27.2. The van der Waals surface area contributed by atoms with Crippen LogP contribution in [0, 0.1) is 11.8 Å². The van der Waals surface area contributed by atoms with Gasteiger partial charge in [0.1, 0.15) is 11.5 Å². The second-order valence-electron chi connectivity index (χ2n) is 9.98. The number of likely N-dealkylation sites (tertiary alicyclic amines) is 1. The van der Waals surface area contributed by atoms with Crippen LogP contribution in [0.2, 0.25) is 0 Å². The van der Waals surface area contributed by atoms with Gasteiger partial charge in [0, 0.05) is 35.7 Å². The zero-order valence-electron chi connectivity index (χ0n) is 21.7. The molecule has 10 heteroatoms. The molecule has 4 rings (SSSR count). The molecule has 0 spiro atoms. The summed E-state index contributed by atoms with van der Waals surface area (Å²) in [6, 6.07) is 9.18. The van der Waals surface area contributed by atoms with Crippen LogP contribution in [-0.4, -0.2) is 62.3 Å². The molecular formula is C27H35BrN4O5. The minimum atomic E-state index is -2.32. The van der Waals surface area contributed by atoms with Gasteiger partial charge in [0.05, 0.1) is 25.6 Å². The number of hydrogen-bond donors (Lipinski definition) is 3. The zero-order valence-corrected chi connectivity index (χ0v) is 23.3. The van der Waals surface area contributed by atoms with E-state index in [0.717, 1.165) is 31.0 Å². The quantitative estimate of drug-likeness (QED) is 0.409. The van der Waals surface area contributed by atoms with E-state index >= 15 is 0 Å². The van der Waals surface area contributed by atoms with Gasteiger partial charge in [0.2, 0.25) is 0 Å². The van der Waals surface area contributed by atoms with Crippen LogP contribution in [0.3, 0.4) is 0 Å². The fraction of sp³-hybridized carbons (Fsp3) is 0.481. The monoisotopic (exact) mass is 574 g/mol. The van der Waals surface area contributed by atoms with Gasteiger partial charge in [-0.25, -0.2) is 9.69 Å². The van der Waals surface area contributed by atoms with Gasteiger partial charge >= 0.3 is 6.03 Å². The van der Waals surface area contributed by atoms with E-state index in [4.69, 9.17) is 9.47 Å². The third-order valence-corrected chi connectivity index (χ3v) is 7.44. The number of piperidine rings is 1. The Morgan fingerprint density at radius 1 is 1.16 bits per heavy atom. The normalized spacial score (nSPS) is 23.7. The van der Waals surface area contributed by atoms with Crippen LogP contribution in [0.5, 0.6) is 11.5 Å². The molecular weight excluding hydrogens is 540 g/mol. The third-order valence-electron chi connectivity index (χ3n) is 6.95. The predicted octanol–water partition coefficient (Wildman–Crippen LogP) is 4.15. The summed E-state index contributed by atoms with van der Waals surface area (Å²) in [6.07, 6.45) is 1.96. The first-order chi connectivity index (χ1) is 17.7. The molecule has 0 aliphatic carbocycles. The van der Waals surface area contributed by atoms with Crippen LogP contribution in [0.1, 0.15) is 32.3 Å². The van der Waals surface area contributed by atoms with Crippen LogP contribution in [-0.2, 0) is 10.5 Å². The molecule has 200 valence electrons. The number of halogens is 1. The number of carbonyl (C=O) groups is 2. The van der Waals surface area contributed by atoms with E-state index in [-0.39, 0.29) is 17.0 Å². The van der Waals surface area contributed by atoms with Crippen LogP contribution in [0.4, 0.5) is 16.2 Å². The maximum absolute atomic E-state index is 13.7. The second-order valence-corrected chi connectivity index (χ2v) is 10.9. The number of anilines is 2. The molecule has 0 radical (unpaired) electrons. The van der Waals surface area contributed by atoms with Gasteiger partial charge in [0.25, 0.3) is 11.6 Å². The number of fused-ring (bicyclic) bond motifs is 1. The van der Waals surface area contributed by atoms with Crippen molar-refractivity contribution in [3.05, 3.63) is 46.4 Å². The van der Waals surface area contributed by atoms with E-state index in [0.29, 0.717) is 34.3 Å². The molecule has 3 amide bonds. The molecule has 2 aliphatic rings. The number of nitrogens with zero attached hydrogens (tertiary/aromatic N) is 2. The highest BCUT2D eigenvalue weighted by Gasteiger charge is 2.52. The topological polar surface area (TPSA) is 103 Å². The molecule has 37 heavy (non-hydrogen) atoms. The third kappa shape index (κ3) is 5.56. The Kier molecular flexibility index (Phi) is 8.30. The van der Waals surface area contributed by atoms with Crippen LogP contribution < -0.4 is 25.0 Å². The Labute approximate surface area is 226 Å². The van der Waals surface area contributed by atoms with Crippen molar-refractivity contribution in [2.45, 2.75) is 32.4 Å². The lowest BCUT2D eigenvalue weighted by molar-refractivity contribution is -0.140. The summed E-state index contributed by atoms with van der Waals surface area (Å²) in [5.41, 5.74) is -1.50. The molecule has 0 saturated carbocycles. The minimum Gasteiger partial charge on any atom is -0.497 e. The van der Waals surface area contributed by atoms with E-state index in [1.54, 1.807) is 36.4 Å². The average molecular weight is 576 g/mol. The van der Waals surface area contributed by atoms with Crippen LogP contribution in [0.15, 0.2) is 40.9 Å². The number of aliphatic hydroxyl groups is 1. The molecule has 0 bridgehead atoms. The summed E-state index contributed by atoms with van der Waals surface area (Å²) in [6.45, 7) is 7.85. The SMILES string of the molecule is COc1ccc(N2C(=O)Nc3ccc(Br)cc3[C@]2(O)C(=O)NCCCN2C[C@H](C)C[C@H](C)C2)c(OC)c1. The molecule has 9 nitrogen and oxygen atoms in total. The average Bonchev–Trinajstić information content (AvgIpc) is 2.86. The summed E-state index contributed by atoms with van der Waals surface area (Å²) in [4.78, 5) is 30.5. The summed E-state index contributed by atoms with van der Waals surface area (Å²) in [7, 11) is 2.97. The van der Waals surface area contributed by atoms with Gasteiger partial charge in [0.15, 0.2) is 0 Å². The number of methoxy groups -OCH3 is 2. The zero-order chi connectivity index (χ0) is 26.7. The van der Waals surface area contributed by atoms with Crippen molar-refractivity contribution in [2.24, 2.45) is 11.8 Å². The molecule has 2 aromatic carbocycles. The smallest absolute Gasteiger partial charge is 0.329 e. The van der Waals surface area contributed by atoms with E-state index in [1.165, 1.54) is 20.6 Å². The van der Waals surface area contributed by atoms with Crippen molar-refractivity contribution in [2.75, 3.05) is 50.6 Å². The molecule has 0 unspecified atom stereocenters. The summed E-state index contributed by atoms with van der Waals surface area (Å²) in [5, 5.41) is 17.8. The lowest BCUT2D eigenvalue weighted by Crippen LogP contribution is -2.62. The van der Waals surface area contributed by atoms with Gasteiger partial charge in [-0.15, -0.1) is 0 Å². The van der Waals surface area contributed by atoms with Gasteiger partial charge in [-0.1, -0.05) is 29.8 Å². The predicted molar refractivity (Wildman–Crippen MR) is 146 cm³/mol. The van der Waals surface area contributed by atoms with Crippen molar-refractivity contribution < 1.29 is 24.2 Å². The number of amides is 3. The maximum Gasteiger partial charge on any atom is 0.329 e. The Hall–Kier alpha value is -2.82. The van der Waals surface area contributed by atoms with E-state index < -0.39 is 17.7 Å². The number of carbonyl (C=O) groups excluding carboxylic acids is 2. The van der Waals surface area contributed by atoms with E-state index in [1.807, 2.05) is 0 Å². The summed E-state index contributed by atoms with van der Waals surface area (Å²) in [5.74, 6) is 1.40. The van der Waals surface area contributed by atoms with Crippen molar-refractivity contribution in [3.8, 4) is 11.5 Å². The standard InChI is InChI=1S/C27H35BrN4O5/c1-17-12-18(2)16-31(15-17)11-5-10-29-25(33)27(35)21-13-19(28)6-8-22(21)30-26(34)32(27)23-9-7-20(36-3)14-24(23)37-4/h6-9,13-14,17-18,35H,5,10-12,15-16H2,1-4H3,(H,29,33)(H,30,34)/t17-,18+,27-/m0/s1. The fourth-order valence-corrected chi connectivity index (χ4v) is 5.79. The van der Waals surface area contributed by atoms with Crippen molar-refractivity contribution in [1.29, 1.82) is 0 Å². The maximum atomic E-state index is 13.7. The number of rotatable bonds is 8. The second kappa shape index (κ2) is 11.3. The molecule has 2 aliphatic heterocycles. The molecule has 0 aromatic heterocycles. The first-order valence-electron chi connectivity index (χ1n) is 12.5. The van der Waals surface area contributed by atoms with Gasteiger partial charge < -0.3 is 30.1 Å². The molecule has 1 fully saturated rings. The lowest BCUT2D eigenvalue weighted by atomic mass is 9.92. The van der Waals surface area contributed by atoms with Crippen molar-refractivity contribution in [3.63, 3.8) is 0 Å². The Balaban J connectivity index is 1.62. The van der Waals surface area contributed by atoms with Gasteiger partial charge in [-0.2, -0.15) is 0 Å². The number of benzene rings is 2. The number of ether oxygens (including phenoxy) is 2. The molecule has 2 heterocycles. The van der Waals surface area contributed by atoms with Crippen LogP contribution >= 0.6 is 15.9 Å². The molecule has 1 saturated heterocycles. The highest BCUT2D eigenvalue weighted by Crippen LogP contribution is 2.44. The Morgan fingerprint density at radius 2 is 1.89 bits per heavy atom. The van der Waals surface area contributed by atoms with E-state index in [9.17, 15) is 14.7 Å². The van der Waals surface area contributed by atoms with Crippen LogP contribution in [0.25, 0.3) is 0 Å². The highest BCUT2D eigenvalue weighted by molar-refractivity contribution is 9.10. The first-order valence-corrected chi connectivity index (χ1v) is 13.3. The molecule has 2 aromatic rings.